The highest BCUT2D eigenvalue weighted by Crippen LogP contribution is 2.39. The summed E-state index contributed by atoms with van der Waals surface area (Å²) >= 11 is 6.01. The normalized spacial score (nSPS) is 20.9. The van der Waals surface area contributed by atoms with E-state index in [4.69, 9.17) is 16.3 Å². The molecule has 2 aliphatic heterocycles. The molecule has 0 saturated carbocycles. The van der Waals surface area contributed by atoms with Crippen LogP contribution in [0.1, 0.15) is 25.0 Å². The first kappa shape index (κ1) is 13.0. The van der Waals surface area contributed by atoms with E-state index in [0.717, 1.165) is 25.8 Å². The van der Waals surface area contributed by atoms with Crippen molar-refractivity contribution >= 4 is 28.3 Å². The molecule has 0 aromatic carbocycles. The molecule has 2 aliphatic rings. The first-order chi connectivity index (χ1) is 10.1. The Morgan fingerprint density at radius 3 is 3.00 bits per heavy atom. The lowest BCUT2D eigenvalue weighted by Gasteiger charge is -2.34. The number of pyridine rings is 1. The minimum absolute atomic E-state index is 0.0548. The van der Waals surface area contributed by atoms with Crippen LogP contribution < -0.4 is 9.64 Å². The molecule has 2 aromatic heterocycles. The number of hydrogen-bond acceptors (Lipinski definition) is 5. The molecule has 5 nitrogen and oxygen atoms in total. The minimum Gasteiger partial charge on any atom is -0.475 e. The third-order valence-corrected chi connectivity index (χ3v) is 4.35. The molecule has 4 heterocycles. The van der Waals surface area contributed by atoms with E-state index in [1.54, 1.807) is 6.92 Å². The summed E-state index contributed by atoms with van der Waals surface area (Å²) in [6, 6.07) is 0.227. The molecule has 21 heavy (non-hydrogen) atoms. The van der Waals surface area contributed by atoms with Crippen LogP contribution in [-0.2, 0) is 0 Å². The molecule has 0 N–H and O–H groups in total. The number of nitrogens with zero attached hydrogens (tertiary/aromatic N) is 4. The Bertz CT molecular complexity index is 739. The van der Waals surface area contributed by atoms with Crippen molar-refractivity contribution < 1.29 is 9.13 Å². The van der Waals surface area contributed by atoms with Crippen LogP contribution in [-0.4, -0.2) is 34.1 Å². The summed E-state index contributed by atoms with van der Waals surface area (Å²) in [7, 11) is 0. The Hall–Kier alpha value is -1.69. The number of halogens is 2. The summed E-state index contributed by atoms with van der Waals surface area (Å²) in [5.41, 5.74) is 0.455. The number of fused-ring (bicyclic) bond motifs is 2. The van der Waals surface area contributed by atoms with Gasteiger partial charge in [-0.25, -0.2) is 14.4 Å². The van der Waals surface area contributed by atoms with Crippen molar-refractivity contribution in [3.8, 4) is 5.88 Å². The van der Waals surface area contributed by atoms with Crippen LogP contribution in [0.5, 0.6) is 5.88 Å². The fraction of sp³-hybridized carbons (Fsp3) is 0.500. The second-order valence-corrected chi connectivity index (χ2v) is 5.85. The predicted octanol–water partition coefficient (Wildman–Crippen LogP) is 2.88. The smallest absolute Gasteiger partial charge is 0.227 e. The topological polar surface area (TPSA) is 51.1 Å². The number of ether oxygens (including phenoxy) is 1. The molecule has 1 unspecified atom stereocenters. The summed E-state index contributed by atoms with van der Waals surface area (Å²) in [5.74, 6) is 0.594. The van der Waals surface area contributed by atoms with Gasteiger partial charge in [-0.1, -0.05) is 0 Å². The summed E-state index contributed by atoms with van der Waals surface area (Å²) in [6.45, 7) is 3.00. The van der Waals surface area contributed by atoms with Crippen molar-refractivity contribution in [1.82, 2.24) is 15.0 Å². The van der Waals surface area contributed by atoms with Crippen LogP contribution in [0, 0.1) is 12.7 Å². The third kappa shape index (κ3) is 1.92. The van der Waals surface area contributed by atoms with Crippen LogP contribution >= 0.6 is 11.6 Å². The van der Waals surface area contributed by atoms with Crippen LogP contribution in [0.25, 0.3) is 10.9 Å². The molecule has 4 rings (SSSR count). The van der Waals surface area contributed by atoms with Gasteiger partial charge in [0.1, 0.15) is 23.3 Å². The maximum Gasteiger partial charge on any atom is 0.227 e. The summed E-state index contributed by atoms with van der Waals surface area (Å²) in [6.07, 6.45) is 3.26. The van der Waals surface area contributed by atoms with Crippen molar-refractivity contribution in [3.05, 3.63) is 16.8 Å². The average Bonchev–Trinajstić information content (AvgIpc) is 2.63. The second-order valence-electron chi connectivity index (χ2n) is 5.51. The lowest BCUT2D eigenvalue weighted by Crippen LogP contribution is -2.42. The molecule has 0 radical (unpaired) electrons. The molecule has 1 fully saturated rings. The van der Waals surface area contributed by atoms with Gasteiger partial charge in [0.05, 0.1) is 11.7 Å². The van der Waals surface area contributed by atoms with Gasteiger partial charge in [0.2, 0.25) is 11.2 Å². The molecule has 1 atom stereocenters. The molecule has 1 saturated heterocycles. The first-order valence-electron chi connectivity index (χ1n) is 7.08. The molecule has 0 spiro atoms. The highest BCUT2D eigenvalue weighted by molar-refractivity contribution is 6.29. The van der Waals surface area contributed by atoms with E-state index >= 15 is 0 Å². The highest BCUT2D eigenvalue weighted by atomic mass is 35.5. The molecule has 0 amide bonds. The van der Waals surface area contributed by atoms with E-state index in [0.29, 0.717) is 23.7 Å². The van der Waals surface area contributed by atoms with Gasteiger partial charge in [0.15, 0.2) is 5.82 Å². The highest BCUT2D eigenvalue weighted by Gasteiger charge is 2.32. The molecule has 110 valence electrons. The lowest BCUT2D eigenvalue weighted by molar-refractivity contribution is 0.259. The van der Waals surface area contributed by atoms with E-state index in [9.17, 15) is 4.39 Å². The molecular weight excluding hydrogens is 295 g/mol. The Balaban J connectivity index is 2.06. The number of aryl methyl sites for hydroxylation is 1. The zero-order chi connectivity index (χ0) is 14.6. The number of aromatic nitrogens is 3. The predicted molar refractivity (Wildman–Crippen MR) is 77.5 cm³/mol. The molecular formula is C14H14ClFN4O. The minimum atomic E-state index is -0.460. The van der Waals surface area contributed by atoms with Gasteiger partial charge in [-0.3, -0.25) is 0 Å². The van der Waals surface area contributed by atoms with Gasteiger partial charge in [-0.2, -0.15) is 4.98 Å². The molecule has 7 heteroatoms. The first-order valence-corrected chi connectivity index (χ1v) is 7.45. The largest absolute Gasteiger partial charge is 0.475 e. The maximum atomic E-state index is 14.4. The second kappa shape index (κ2) is 4.66. The number of rotatable bonds is 0. The van der Waals surface area contributed by atoms with Crippen LogP contribution in [0.15, 0.2) is 0 Å². The van der Waals surface area contributed by atoms with Gasteiger partial charge < -0.3 is 9.64 Å². The van der Waals surface area contributed by atoms with Crippen molar-refractivity contribution in [3.63, 3.8) is 0 Å². The van der Waals surface area contributed by atoms with E-state index in [1.807, 2.05) is 0 Å². The fourth-order valence-corrected chi connectivity index (χ4v) is 3.31. The third-order valence-electron chi connectivity index (χ3n) is 4.18. The van der Waals surface area contributed by atoms with Gasteiger partial charge in [0, 0.05) is 6.54 Å². The monoisotopic (exact) mass is 308 g/mol. The van der Waals surface area contributed by atoms with Crippen LogP contribution in [0.2, 0.25) is 5.28 Å². The van der Waals surface area contributed by atoms with Gasteiger partial charge in [0.25, 0.3) is 0 Å². The molecule has 0 bridgehead atoms. The number of anilines is 1. The average molecular weight is 309 g/mol. The van der Waals surface area contributed by atoms with Crippen molar-refractivity contribution in [1.29, 1.82) is 0 Å². The van der Waals surface area contributed by atoms with Crippen molar-refractivity contribution in [2.75, 3.05) is 18.1 Å². The zero-order valence-corrected chi connectivity index (χ0v) is 12.3. The summed E-state index contributed by atoms with van der Waals surface area (Å²) in [4.78, 5) is 14.8. The molecule has 2 aromatic rings. The van der Waals surface area contributed by atoms with Crippen LogP contribution in [0.3, 0.4) is 0 Å². The van der Waals surface area contributed by atoms with E-state index in [2.05, 4.69) is 19.9 Å². The number of piperidine rings is 1. The Morgan fingerprint density at radius 1 is 1.29 bits per heavy atom. The molecule has 0 aliphatic carbocycles. The van der Waals surface area contributed by atoms with E-state index < -0.39 is 5.82 Å². The lowest BCUT2D eigenvalue weighted by atomic mass is 10.0. The fourth-order valence-electron chi connectivity index (χ4n) is 3.15. The van der Waals surface area contributed by atoms with Crippen molar-refractivity contribution in [2.45, 2.75) is 32.2 Å². The van der Waals surface area contributed by atoms with E-state index in [-0.39, 0.29) is 22.5 Å². The quantitative estimate of drug-likeness (QED) is 0.700. The van der Waals surface area contributed by atoms with Gasteiger partial charge >= 0.3 is 0 Å². The number of hydrogen-bond donors (Lipinski definition) is 0. The zero-order valence-electron chi connectivity index (χ0n) is 11.6. The van der Waals surface area contributed by atoms with Crippen LogP contribution in [0.4, 0.5) is 10.2 Å². The Morgan fingerprint density at radius 2 is 2.14 bits per heavy atom. The Kier molecular flexibility index (Phi) is 2.89. The van der Waals surface area contributed by atoms with Crippen molar-refractivity contribution in [2.24, 2.45) is 0 Å². The summed E-state index contributed by atoms with van der Waals surface area (Å²) in [5, 5.41) is 0.589. The summed E-state index contributed by atoms with van der Waals surface area (Å²) < 4.78 is 20.2. The van der Waals surface area contributed by atoms with E-state index in [1.165, 1.54) is 0 Å². The maximum absolute atomic E-state index is 14.4. The SMILES string of the molecule is Cc1nc2c3c(nc(Cl)nc3c1F)N1CCCCC1CO2. The standard InChI is InChI=1S/C14H14ClFN4O/c1-7-10(16)11-9-12(19-14(15)18-11)20-5-3-2-4-8(20)6-21-13(9)17-7/h8H,2-6H2,1H3. The van der Waals surface area contributed by atoms with Gasteiger partial charge in [-0.05, 0) is 37.8 Å². The Labute approximate surface area is 126 Å². The van der Waals surface area contributed by atoms with Gasteiger partial charge in [-0.15, -0.1) is 0 Å².